The van der Waals surface area contributed by atoms with Gasteiger partial charge in [-0.2, -0.15) is 0 Å². The van der Waals surface area contributed by atoms with E-state index in [1.165, 1.54) is 29.0 Å². The molecule has 2 nitrogen and oxygen atoms in total. The Bertz CT molecular complexity index is 485. The third-order valence-corrected chi connectivity index (χ3v) is 4.58. The number of fused-ring (bicyclic) bond motifs is 1. The standard InChI is InChI=1S/C17H26N2S/c1-4-11-18-14(12-13(2)3)9-10-17-19-15-7-5-6-8-16(15)20-17/h5-8,13-14,18H,4,9-12H2,1-3H3. The Morgan fingerprint density at radius 1 is 1.25 bits per heavy atom. The highest BCUT2D eigenvalue weighted by Gasteiger charge is 2.11. The Hall–Kier alpha value is -0.930. The van der Waals surface area contributed by atoms with Crippen molar-refractivity contribution in [3.05, 3.63) is 29.3 Å². The van der Waals surface area contributed by atoms with Gasteiger partial charge < -0.3 is 5.32 Å². The summed E-state index contributed by atoms with van der Waals surface area (Å²) in [6.07, 6.45) is 4.74. The second-order valence-electron chi connectivity index (χ2n) is 5.89. The number of aryl methyl sites for hydroxylation is 1. The molecule has 20 heavy (non-hydrogen) atoms. The lowest BCUT2D eigenvalue weighted by Crippen LogP contribution is -2.31. The maximum absolute atomic E-state index is 4.73. The van der Waals surface area contributed by atoms with Crippen LogP contribution in [0.1, 0.15) is 45.0 Å². The van der Waals surface area contributed by atoms with Gasteiger partial charge in [0.2, 0.25) is 0 Å². The lowest BCUT2D eigenvalue weighted by atomic mass is 10.00. The summed E-state index contributed by atoms with van der Waals surface area (Å²) in [5.41, 5.74) is 1.15. The quantitative estimate of drug-likeness (QED) is 0.766. The number of para-hydroxylation sites is 1. The maximum Gasteiger partial charge on any atom is 0.0939 e. The molecule has 2 aromatic rings. The molecule has 0 aliphatic carbocycles. The molecule has 2 rings (SSSR count). The zero-order valence-electron chi connectivity index (χ0n) is 12.9. The Morgan fingerprint density at radius 3 is 2.75 bits per heavy atom. The molecule has 1 heterocycles. The fraction of sp³-hybridized carbons (Fsp3) is 0.588. The molecule has 1 unspecified atom stereocenters. The topological polar surface area (TPSA) is 24.9 Å². The molecule has 1 N–H and O–H groups in total. The second kappa shape index (κ2) is 7.75. The van der Waals surface area contributed by atoms with E-state index in [1.807, 2.05) is 11.3 Å². The van der Waals surface area contributed by atoms with Crippen LogP contribution >= 0.6 is 11.3 Å². The van der Waals surface area contributed by atoms with Crippen LogP contribution in [-0.2, 0) is 6.42 Å². The summed E-state index contributed by atoms with van der Waals surface area (Å²) >= 11 is 1.84. The smallest absolute Gasteiger partial charge is 0.0939 e. The minimum atomic E-state index is 0.627. The fourth-order valence-corrected chi connectivity index (χ4v) is 3.53. The van der Waals surface area contributed by atoms with Crippen LogP contribution in [0.4, 0.5) is 0 Å². The van der Waals surface area contributed by atoms with Crippen molar-refractivity contribution in [2.24, 2.45) is 5.92 Å². The van der Waals surface area contributed by atoms with Gasteiger partial charge in [-0.1, -0.05) is 32.9 Å². The largest absolute Gasteiger partial charge is 0.314 e. The first-order chi connectivity index (χ1) is 9.69. The molecule has 1 aromatic heterocycles. The van der Waals surface area contributed by atoms with E-state index in [4.69, 9.17) is 4.98 Å². The first-order valence-corrected chi connectivity index (χ1v) is 8.58. The zero-order chi connectivity index (χ0) is 14.4. The van der Waals surface area contributed by atoms with Gasteiger partial charge in [-0.05, 0) is 43.9 Å². The normalized spacial score (nSPS) is 13.2. The van der Waals surface area contributed by atoms with Crippen molar-refractivity contribution in [2.45, 2.75) is 52.5 Å². The van der Waals surface area contributed by atoms with Gasteiger partial charge in [0.25, 0.3) is 0 Å². The van der Waals surface area contributed by atoms with Crippen molar-refractivity contribution in [1.29, 1.82) is 0 Å². The molecule has 0 amide bonds. The Balaban J connectivity index is 1.93. The Morgan fingerprint density at radius 2 is 2.05 bits per heavy atom. The molecule has 0 bridgehead atoms. The lowest BCUT2D eigenvalue weighted by molar-refractivity contribution is 0.398. The van der Waals surface area contributed by atoms with Crippen molar-refractivity contribution in [3.63, 3.8) is 0 Å². The van der Waals surface area contributed by atoms with Gasteiger partial charge in [-0.15, -0.1) is 11.3 Å². The second-order valence-corrected chi connectivity index (χ2v) is 7.01. The molecule has 110 valence electrons. The molecule has 3 heteroatoms. The Kier molecular flexibility index (Phi) is 5.99. The molecule has 0 aliphatic heterocycles. The number of hydrogen-bond acceptors (Lipinski definition) is 3. The number of aromatic nitrogens is 1. The summed E-state index contributed by atoms with van der Waals surface area (Å²) < 4.78 is 1.31. The van der Waals surface area contributed by atoms with Gasteiger partial charge in [0.1, 0.15) is 0 Å². The van der Waals surface area contributed by atoms with E-state index >= 15 is 0 Å². The van der Waals surface area contributed by atoms with Crippen molar-refractivity contribution in [1.82, 2.24) is 10.3 Å². The SMILES string of the molecule is CCCNC(CCc1nc2ccccc2s1)CC(C)C. The molecule has 0 saturated heterocycles. The number of rotatable bonds is 8. The van der Waals surface area contributed by atoms with E-state index in [9.17, 15) is 0 Å². The maximum atomic E-state index is 4.73. The highest BCUT2D eigenvalue weighted by atomic mass is 32.1. The summed E-state index contributed by atoms with van der Waals surface area (Å²) in [4.78, 5) is 4.73. The average Bonchev–Trinajstić information content (AvgIpc) is 2.84. The van der Waals surface area contributed by atoms with Crippen LogP contribution in [0.5, 0.6) is 0 Å². The number of thiazole rings is 1. The van der Waals surface area contributed by atoms with Gasteiger partial charge in [-0.3, -0.25) is 0 Å². The van der Waals surface area contributed by atoms with Gasteiger partial charge in [0.05, 0.1) is 15.2 Å². The molecule has 0 aliphatic rings. The molecule has 1 aromatic carbocycles. The monoisotopic (exact) mass is 290 g/mol. The van der Waals surface area contributed by atoms with Crippen LogP contribution in [0, 0.1) is 5.92 Å². The van der Waals surface area contributed by atoms with Crippen LogP contribution in [0.15, 0.2) is 24.3 Å². The highest BCUT2D eigenvalue weighted by molar-refractivity contribution is 7.18. The van der Waals surface area contributed by atoms with Crippen LogP contribution in [0.25, 0.3) is 10.2 Å². The van der Waals surface area contributed by atoms with Crippen molar-refractivity contribution >= 4 is 21.6 Å². The molecular formula is C17H26N2S. The van der Waals surface area contributed by atoms with E-state index in [-0.39, 0.29) is 0 Å². The predicted molar refractivity (Wildman–Crippen MR) is 89.5 cm³/mol. The van der Waals surface area contributed by atoms with E-state index < -0.39 is 0 Å². The minimum absolute atomic E-state index is 0.627. The number of benzene rings is 1. The van der Waals surface area contributed by atoms with Crippen molar-refractivity contribution < 1.29 is 0 Å². The van der Waals surface area contributed by atoms with Gasteiger partial charge >= 0.3 is 0 Å². The zero-order valence-corrected chi connectivity index (χ0v) is 13.7. The molecule has 0 spiro atoms. The van der Waals surface area contributed by atoms with Crippen LogP contribution in [0.2, 0.25) is 0 Å². The van der Waals surface area contributed by atoms with E-state index in [1.54, 1.807) is 0 Å². The van der Waals surface area contributed by atoms with E-state index in [0.717, 1.165) is 24.4 Å². The van der Waals surface area contributed by atoms with Crippen LogP contribution in [0.3, 0.4) is 0 Å². The Labute approximate surface area is 126 Å². The number of nitrogens with zero attached hydrogens (tertiary/aromatic N) is 1. The van der Waals surface area contributed by atoms with Crippen molar-refractivity contribution in [2.75, 3.05) is 6.54 Å². The molecular weight excluding hydrogens is 264 g/mol. The molecule has 0 fully saturated rings. The lowest BCUT2D eigenvalue weighted by Gasteiger charge is -2.19. The first kappa shape index (κ1) is 15.5. The highest BCUT2D eigenvalue weighted by Crippen LogP contribution is 2.23. The summed E-state index contributed by atoms with van der Waals surface area (Å²) in [6, 6.07) is 9.06. The molecule has 0 radical (unpaired) electrons. The summed E-state index contributed by atoms with van der Waals surface area (Å²) in [7, 11) is 0. The number of hydrogen-bond donors (Lipinski definition) is 1. The average molecular weight is 290 g/mol. The van der Waals surface area contributed by atoms with Crippen LogP contribution < -0.4 is 5.32 Å². The minimum Gasteiger partial charge on any atom is -0.314 e. The molecule has 0 saturated carbocycles. The van der Waals surface area contributed by atoms with Gasteiger partial charge in [-0.25, -0.2) is 4.98 Å². The number of nitrogens with one attached hydrogen (secondary N) is 1. The molecule has 1 atom stereocenters. The van der Waals surface area contributed by atoms with E-state index in [0.29, 0.717) is 6.04 Å². The third-order valence-electron chi connectivity index (χ3n) is 3.48. The summed E-state index contributed by atoms with van der Waals surface area (Å²) in [6.45, 7) is 7.96. The fourth-order valence-electron chi connectivity index (χ4n) is 2.55. The van der Waals surface area contributed by atoms with Crippen LogP contribution in [-0.4, -0.2) is 17.6 Å². The summed E-state index contributed by atoms with van der Waals surface area (Å²) in [5, 5.41) is 4.96. The van der Waals surface area contributed by atoms with Crippen molar-refractivity contribution in [3.8, 4) is 0 Å². The summed E-state index contributed by atoms with van der Waals surface area (Å²) in [5.74, 6) is 0.750. The van der Waals surface area contributed by atoms with E-state index in [2.05, 4.69) is 50.4 Å². The predicted octanol–water partition coefficient (Wildman–Crippen LogP) is 4.64. The van der Waals surface area contributed by atoms with Gasteiger partial charge in [0, 0.05) is 12.5 Å². The first-order valence-electron chi connectivity index (χ1n) is 7.77. The third kappa shape index (κ3) is 4.57. The van der Waals surface area contributed by atoms with Gasteiger partial charge in [0.15, 0.2) is 0 Å².